The first-order valence-electron chi connectivity index (χ1n) is 27.9. The van der Waals surface area contributed by atoms with Crippen LogP contribution in [0, 0.1) is 11.8 Å². The number of fused-ring (bicyclic) bond motifs is 2. The highest BCUT2D eigenvalue weighted by Gasteiger charge is 2.55. The highest BCUT2D eigenvalue weighted by atomic mass is 35.5. The van der Waals surface area contributed by atoms with Crippen LogP contribution in [0.3, 0.4) is 0 Å². The lowest BCUT2D eigenvalue weighted by atomic mass is 9.81. The minimum Gasteiger partial charge on any atom is -0.492 e. The molecule has 0 radical (unpaired) electrons. The van der Waals surface area contributed by atoms with Gasteiger partial charge in [0.25, 0.3) is 5.91 Å². The minimum atomic E-state index is -0.918. The molecule has 2 fully saturated rings. The van der Waals surface area contributed by atoms with Crippen molar-refractivity contribution in [3.63, 3.8) is 0 Å². The quantitative estimate of drug-likeness (QED) is 0.107. The van der Waals surface area contributed by atoms with Crippen molar-refractivity contribution in [1.82, 2.24) is 30.0 Å². The van der Waals surface area contributed by atoms with E-state index in [1.165, 1.54) is 36.4 Å². The van der Waals surface area contributed by atoms with Gasteiger partial charge in [0.1, 0.15) is 45.6 Å². The number of carboxylic acids is 1. The van der Waals surface area contributed by atoms with Gasteiger partial charge in [0, 0.05) is 68.9 Å². The summed E-state index contributed by atoms with van der Waals surface area (Å²) in [5.41, 5.74) is 4.79. The molecule has 0 spiro atoms. The number of benzene rings is 4. The summed E-state index contributed by atoms with van der Waals surface area (Å²) in [7, 11) is 0. The molecule has 13 nitrogen and oxygen atoms in total. The number of carboxylic acid groups (broad SMARTS) is 1. The summed E-state index contributed by atoms with van der Waals surface area (Å²) in [6, 6.07) is 38.9. The van der Waals surface area contributed by atoms with Crippen molar-refractivity contribution in [3.8, 4) is 11.5 Å². The number of aromatic nitrogens is 2. The summed E-state index contributed by atoms with van der Waals surface area (Å²) in [5.74, 6) is 0.940. The molecule has 432 valence electrons. The first kappa shape index (κ1) is 60.1. The third kappa shape index (κ3) is 13.0. The zero-order chi connectivity index (χ0) is 58.6. The van der Waals surface area contributed by atoms with Crippen molar-refractivity contribution in [2.75, 3.05) is 26.3 Å². The second kappa shape index (κ2) is 26.1. The minimum absolute atomic E-state index is 0.0148. The van der Waals surface area contributed by atoms with Gasteiger partial charge in [-0.15, -0.1) is 0 Å². The highest BCUT2D eigenvalue weighted by molar-refractivity contribution is 8.18. The standard InChI is InChI=1S/C32H32Cl2N4O2S.C22H20Cl2N2O2S.C10H14N2O/c1-20(2)27-28(30(39)37-18-4-5-25(37)19-40-26-14-16-35-17-15-26)41-31-36-32(3,22-8-12-24(34)13-9-22)29(38(27)31)21-6-10-23(33)11-7-21;1-12(2)17-18(20(27)28)29-21-25-22(3,14-6-10-16(24)11-7-14)19(26(17)21)13-4-8-15(23)9-5-13;1-2-9(12-5-1)8-13-10-3-6-11-7-4-10/h6-17,20,25,29H,4-5,18-19H2,1-3H3;4-12,19H,1-3H3,(H,27,28);3-4,6-7,9,12H,1-2,5,8H2/t25-,29+,32-;19-,22+;9-/m010/s1. The number of aliphatic carboxylic acids is 1. The van der Waals surface area contributed by atoms with Crippen molar-refractivity contribution in [1.29, 1.82) is 0 Å². The molecule has 2 N–H and O–H groups in total. The molecule has 0 bridgehead atoms. The van der Waals surface area contributed by atoms with Crippen LogP contribution < -0.4 is 14.8 Å². The number of allylic oxidation sites excluding steroid dienone is 2. The van der Waals surface area contributed by atoms with Crippen LogP contribution in [-0.4, -0.2) is 90.4 Å². The Balaban J connectivity index is 0.000000158. The fraction of sp³-hybridized carbons (Fsp3) is 0.344. The van der Waals surface area contributed by atoms with Crippen LogP contribution in [0.5, 0.6) is 11.5 Å². The normalized spacial score (nSPS) is 23.4. The Kier molecular flexibility index (Phi) is 18.9. The van der Waals surface area contributed by atoms with E-state index in [1.807, 2.05) is 128 Å². The maximum absolute atomic E-state index is 14.2. The topological polar surface area (TPSA) is 145 Å². The third-order valence-electron chi connectivity index (χ3n) is 15.7. The van der Waals surface area contributed by atoms with Crippen LogP contribution in [0.15, 0.2) is 177 Å². The number of carbonyl (C=O) groups excluding carboxylic acids is 1. The maximum Gasteiger partial charge on any atom is 0.344 e. The monoisotopic (exact) mass is 1230 g/mol. The van der Waals surface area contributed by atoms with E-state index in [0.29, 0.717) is 49.4 Å². The first-order valence-corrected chi connectivity index (χ1v) is 31.1. The average Bonchev–Trinajstić information content (AvgIpc) is 1.88. The molecule has 12 rings (SSSR count). The molecular weight excluding hydrogens is 1170 g/mol. The summed E-state index contributed by atoms with van der Waals surface area (Å²) in [6.07, 6.45) is 11.3. The summed E-state index contributed by atoms with van der Waals surface area (Å²) in [6.45, 7) is 15.6. The van der Waals surface area contributed by atoms with E-state index in [9.17, 15) is 14.7 Å². The molecule has 0 aliphatic carbocycles. The molecule has 1 amide bonds. The van der Waals surface area contributed by atoms with Gasteiger partial charge < -0.3 is 34.6 Å². The number of likely N-dealkylation sites (tertiary alicyclic amines) is 1. The number of hydrogen-bond donors (Lipinski definition) is 2. The molecule has 6 aliphatic rings. The summed E-state index contributed by atoms with van der Waals surface area (Å²) >= 11 is 27.5. The second-order valence-corrected chi connectivity index (χ2v) is 25.8. The molecule has 6 atom stereocenters. The molecule has 0 saturated carbocycles. The Morgan fingerprint density at radius 3 is 1.45 bits per heavy atom. The Morgan fingerprint density at radius 1 is 0.602 bits per heavy atom. The van der Waals surface area contributed by atoms with Crippen LogP contribution in [0.4, 0.5) is 0 Å². The Morgan fingerprint density at radius 2 is 1.02 bits per heavy atom. The molecule has 19 heteroatoms. The number of rotatable bonds is 14. The van der Waals surface area contributed by atoms with E-state index in [1.54, 1.807) is 24.8 Å². The zero-order valence-electron chi connectivity index (χ0n) is 47.0. The lowest BCUT2D eigenvalue weighted by Crippen LogP contribution is -2.40. The van der Waals surface area contributed by atoms with Gasteiger partial charge in [-0.25, -0.2) is 14.8 Å². The molecular formula is C64H66Cl4N8O5S2. The van der Waals surface area contributed by atoms with Crippen LogP contribution >= 0.6 is 69.9 Å². The number of ether oxygens (including phenoxy) is 2. The fourth-order valence-electron chi connectivity index (χ4n) is 11.7. The van der Waals surface area contributed by atoms with Crippen molar-refractivity contribution >= 4 is 92.1 Å². The predicted molar refractivity (Wildman–Crippen MR) is 336 cm³/mol. The number of hydrogen-bond acceptors (Lipinski definition) is 13. The smallest absolute Gasteiger partial charge is 0.344 e. The van der Waals surface area contributed by atoms with Gasteiger partial charge in [-0.2, -0.15) is 0 Å². The van der Waals surface area contributed by atoms with Gasteiger partial charge >= 0.3 is 5.97 Å². The SMILES string of the molecule is CC(C)C1=C(C(=O)N2CCC[C@H]2COc2ccncc2)SC2=N[C@@](C)(c3ccc(Cl)cc3)[C@@H](c3ccc(Cl)cc3)N21.CC(C)C1=C(C(=O)O)SC2=N[C@@](C)(c3ccc(Cl)cc3)[C@@H](c3ccc(Cl)cc3)N21.c1cc(OC[C@@H]2CCCN2)ccn1. The Labute approximate surface area is 514 Å². The number of thioether (sulfide) groups is 2. The first-order chi connectivity index (χ1) is 39.9. The van der Waals surface area contributed by atoms with Gasteiger partial charge in [-0.05, 0) is 176 Å². The van der Waals surface area contributed by atoms with E-state index in [2.05, 4.69) is 64.9 Å². The van der Waals surface area contributed by atoms with Crippen molar-refractivity contribution in [2.24, 2.45) is 21.8 Å². The van der Waals surface area contributed by atoms with Gasteiger partial charge in [-0.1, -0.05) is 123 Å². The lowest BCUT2D eigenvalue weighted by Gasteiger charge is -2.37. The van der Waals surface area contributed by atoms with Crippen molar-refractivity contribution < 1.29 is 24.2 Å². The van der Waals surface area contributed by atoms with Gasteiger partial charge in [0.2, 0.25) is 0 Å². The van der Waals surface area contributed by atoms with E-state index < -0.39 is 17.0 Å². The van der Waals surface area contributed by atoms with Crippen molar-refractivity contribution in [2.45, 2.75) is 102 Å². The zero-order valence-corrected chi connectivity index (χ0v) is 51.7. The van der Waals surface area contributed by atoms with Crippen LogP contribution in [0.2, 0.25) is 20.1 Å². The number of halogens is 4. The van der Waals surface area contributed by atoms with E-state index >= 15 is 0 Å². The van der Waals surface area contributed by atoms with Crippen molar-refractivity contribution in [3.05, 3.63) is 210 Å². The summed E-state index contributed by atoms with van der Waals surface area (Å²) in [4.78, 5) is 52.0. The Hall–Kier alpha value is -6.04. The molecule has 0 unspecified atom stereocenters. The van der Waals surface area contributed by atoms with Crippen LogP contribution in [-0.2, 0) is 20.7 Å². The molecule has 6 aromatic rings. The van der Waals surface area contributed by atoms with E-state index in [-0.39, 0.29) is 35.9 Å². The van der Waals surface area contributed by atoms with E-state index in [4.69, 9.17) is 65.9 Å². The molecule has 2 aromatic heterocycles. The highest BCUT2D eigenvalue weighted by Crippen LogP contribution is 2.58. The maximum atomic E-state index is 14.2. The van der Waals surface area contributed by atoms with Crippen LogP contribution in [0.1, 0.15) is 102 Å². The Bertz CT molecular complexity index is 3410. The number of aliphatic imine (C=N–C) groups is 2. The number of nitrogens with zero attached hydrogens (tertiary/aromatic N) is 7. The van der Waals surface area contributed by atoms with Gasteiger partial charge in [0.15, 0.2) is 10.3 Å². The number of amidine groups is 2. The largest absolute Gasteiger partial charge is 0.492 e. The second-order valence-electron chi connectivity index (χ2n) is 22.1. The van der Waals surface area contributed by atoms with Crippen LogP contribution in [0.25, 0.3) is 0 Å². The molecule has 2 saturated heterocycles. The number of carbonyl (C=O) groups is 2. The summed E-state index contributed by atoms with van der Waals surface area (Å²) < 4.78 is 11.6. The molecule has 6 aliphatic heterocycles. The molecule has 8 heterocycles. The predicted octanol–water partition coefficient (Wildman–Crippen LogP) is 15.2. The van der Waals surface area contributed by atoms with E-state index in [0.717, 1.165) is 81.2 Å². The van der Waals surface area contributed by atoms with Gasteiger partial charge in [0.05, 0.1) is 18.1 Å². The number of pyridine rings is 2. The molecule has 83 heavy (non-hydrogen) atoms. The molecule has 4 aromatic carbocycles. The number of amides is 1. The third-order valence-corrected chi connectivity index (χ3v) is 18.8. The fourth-order valence-corrected chi connectivity index (χ4v) is 14.8. The average molecular weight is 1230 g/mol. The van der Waals surface area contributed by atoms with Gasteiger partial charge in [-0.3, -0.25) is 14.8 Å². The summed E-state index contributed by atoms with van der Waals surface area (Å²) in [5, 5.41) is 17.4. The lowest BCUT2D eigenvalue weighted by molar-refractivity contribution is -0.132. The number of nitrogens with one attached hydrogen (secondary N) is 1.